The van der Waals surface area contributed by atoms with Gasteiger partial charge in [0.25, 0.3) is 0 Å². The smallest absolute Gasteiger partial charge is 0.223 e. The van der Waals surface area contributed by atoms with Gasteiger partial charge in [-0.3, -0.25) is 11.5 Å². The van der Waals surface area contributed by atoms with Crippen LogP contribution in [0.3, 0.4) is 0 Å². The van der Waals surface area contributed by atoms with Gasteiger partial charge in [-0.25, -0.2) is 4.84 Å². The molecule has 0 aromatic carbocycles. The fraction of sp³-hybridized carbons (Fsp3) is 1.00. The highest BCUT2D eigenvalue weighted by atomic mass is 16.9. The number of nitrogens with one attached hydrogen (secondary N) is 1. The van der Waals surface area contributed by atoms with Crippen LogP contribution >= 0.6 is 0 Å². The van der Waals surface area contributed by atoms with E-state index in [-0.39, 0.29) is 0 Å². The summed E-state index contributed by atoms with van der Waals surface area (Å²) in [5.41, 5.74) is 9.70. The van der Waals surface area contributed by atoms with E-state index in [4.69, 9.17) is 11.5 Å². The zero-order valence-corrected chi connectivity index (χ0v) is 4.05. The molecule has 5 heteroatoms. The molecule has 44 valence electrons. The monoisotopic (exact) mass is 107 g/mol. The normalized spacial score (nSPS) is 15.0. The van der Waals surface area contributed by atoms with Crippen LogP contribution in [0.25, 0.3) is 0 Å². The third-order valence-corrected chi connectivity index (χ3v) is 0.473. The van der Waals surface area contributed by atoms with E-state index in [1.807, 2.05) is 0 Å². The quantitative estimate of drug-likeness (QED) is 0.261. The van der Waals surface area contributed by atoms with Crippen LogP contribution in [0.1, 0.15) is 0 Å². The van der Waals surface area contributed by atoms with Gasteiger partial charge in [0.05, 0.1) is 7.11 Å². The molecule has 0 aliphatic heterocycles. The summed E-state index contributed by atoms with van der Waals surface area (Å²) in [6.45, 7) is 0. The van der Waals surface area contributed by atoms with Crippen LogP contribution in [0.15, 0.2) is 0 Å². The lowest BCUT2D eigenvalue weighted by Crippen LogP contribution is -3.13. The zero-order chi connectivity index (χ0) is 5.86. The summed E-state index contributed by atoms with van der Waals surface area (Å²) in [5.74, 6) is 0. The van der Waals surface area contributed by atoms with Crippen molar-refractivity contribution in [1.29, 1.82) is 0 Å². The highest BCUT2D eigenvalue weighted by Crippen LogP contribution is 1.38. The van der Waals surface area contributed by atoms with Gasteiger partial charge in [-0.05, 0) is 0 Å². The number of nitrogens with two attached hydrogens (primary N) is 2. The molecule has 0 amide bonds. The zero-order valence-electron chi connectivity index (χ0n) is 4.05. The van der Waals surface area contributed by atoms with Crippen LogP contribution in [0.2, 0.25) is 0 Å². The predicted molar refractivity (Wildman–Crippen MR) is 23.5 cm³/mol. The molecule has 0 aliphatic carbocycles. The molecule has 0 saturated heterocycles. The molecule has 7 heavy (non-hydrogen) atoms. The summed E-state index contributed by atoms with van der Waals surface area (Å²) >= 11 is 0. The van der Waals surface area contributed by atoms with Crippen LogP contribution in [-0.2, 0) is 4.84 Å². The number of rotatable bonds is 2. The summed E-state index contributed by atoms with van der Waals surface area (Å²) in [7, 11) is 1.23. The first-order valence-corrected chi connectivity index (χ1v) is 1.77. The third kappa shape index (κ3) is 2.49. The van der Waals surface area contributed by atoms with E-state index in [1.54, 1.807) is 0 Å². The standard InChI is InChI=1S/C2H9N3O2/c1-7-5(6)2(3)4/h2,5H,3-4H2,1H3. The Morgan fingerprint density at radius 1 is 1.71 bits per heavy atom. The van der Waals surface area contributed by atoms with Crippen molar-refractivity contribution in [3.05, 3.63) is 5.21 Å². The summed E-state index contributed by atoms with van der Waals surface area (Å²) < 4.78 is 0. The number of quaternary nitrogens is 1. The molecule has 5 N–H and O–H groups in total. The van der Waals surface area contributed by atoms with Gasteiger partial charge in [-0.1, -0.05) is 0 Å². The van der Waals surface area contributed by atoms with Gasteiger partial charge >= 0.3 is 0 Å². The average Bonchev–Trinajstić information content (AvgIpc) is 1.65. The molecule has 0 saturated carbocycles. The van der Waals surface area contributed by atoms with E-state index in [0.29, 0.717) is 0 Å². The molecule has 1 atom stereocenters. The molecule has 5 nitrogen and oxygen atoms in total. The Balaban J connectivity index is 3.14. The van der Waals surface area contributed by atoms with E-state index >= 15 is 0 Å². The lowest BCUT2D eigenvalue weighted by atomic mass is 11.0. The molecule has 0 fully saturated rings. The first kappa shape index (κ1) is 6.80. The van der Waals surface area contributed by atoms with E-state index in [2.05, 4.69) is 4.84 Å². The van der Waals surface area contributed by atoms with Gasteiger partial charge in [0, 0.05) is 0 Å². The van der Waals surface area contributed by atoms with Gasteiger partial charge < -0.3 is 5.21 Å². The maximum atomic E-state index is 10.0. The Labute approximate surface area is 41.4 Å². The molecule has 0 aromatic heterocycles. The highest BCUT2D eigenvalue weighted by molar-refractivity contribution is 4.18. The second kappa shape index (κ2) is 2.89. The van der Waals surface area contributed by atoms with Crippen molar-refractivity contribution in [1.82, 2.24) is 0 Å². The van der Waals surface area contributed by atoms with Crippen LogP contribution in [0.4, 0.5) is 0 Å². The van der Waals surface area contributed by atoms with E-state index in [0.717, 1.165) is 0 Å². The Kier molecular flexibility index (Phi) is 2.81. The number of hydroxylamine groups is 2. The molecule has 0 heterocycles. The van der Waals surface area contributed by atoms with Gasteiger partial charge in [-0.2, -0.15) is 5.23 Å². The number of hydrogen-bond donors (Lipinski definition) is 3. The fourth-order valence-corrected chi connectivity index (χ4v) is 0.136. The van der Waals surface area contributed by atoms with E-state index < -0.39 is 11.5 Å². The molecule has 1 unspecified atom stereocenters. The third-order valence-electron chi connectivity index (χ3n) is 0.473. The topological polar surface area (TPSA) is 88.8 Å². The summed E-state index contributed by atoms with van der Waals surface area (Å²) in [6, 6.07) is 0. The SMILES string of the molecule is CO[NH+]([O-])C(N)N. The van der Waals surface area contributed by atoms with Crippen molar-refractivity contribution >= 4 is 0 Å². The molecule has 0 aliphatic rings. The minimum absolute atomic E-state index is 0.597. The molecule has 0 spiro atoms. The average molecular weight is 107 g/mol. The Morgan fingerprint density at radius 2 is 2.14 bits per heavy atom. The van der Waals surface area contributed by atoms with Crippen LogP contribution in [0, 0.1) is 5.21 Å². The Bertz CT molecular complexity index is 48.2. The molecule has 0 radical (unpaired) electrons. The maximum absolute atomic E-state index is 10.0. The van der Waals surface area contributed by atoms with Crippen molar-refractivity contribution in [3.63, 3.8) is 0 Å². The largest absolute Gasteiger partial charge is 0.598 e. The van der Waals surface area contributed by atoms with E-state index in [9.17, 15) is 5.21 Å². The molecular weight excluding hydrogens is 98.0 g/mol. The van der Waals surface area contributed by atoms with Gasteiger partial charge in [0.1, 0.15) is 0 Å². The van der Waals surface area contributed by atoms with E-state index in [1.165, 1.54) is 7.11 Å². The van der Waals surface area contributed by atoms with Crippen LogP contribution < -0.4 is 16.7 Å². The van der Waals surface area contributed by atoms with Crippen LogP contribution in [0.5, 0.6) is 0 Å². The second-order valence-electron chi connectivity index (χ2n) is 1.05. The lowest BCUT2D eigenvalue weighted by molar-refractivity contribution is -1.07. The second-order valence-corrected chi connectivity index (χ2v) is 1.05. The minimum Gasteiger partial charge on any atom is -0.598 e. The summed E-state index contributed by atoms with van der Waals surface area (Å²) in [4.78, 5) is 4.12. The molecule has 0 aromatic rings. The molecular formula is C2H9N3O2. The Morgan fingerprint density at radius 3 is 2.14 bits per heavy atom. The van der Waals surface area contributed by atoms with Crippen molar-refractivity contribution in [3.8, 4) is 0 Å². The van der Waals surface area contributed by atoms with Gasteiger partial charge in [0.15, 0.2) is 0 Å². The molecule has 0 bridgehead atoms. The highest BCUT2D eigenvalue weighted by Gasteiger charge is 1.97. The first-order valence-electron chi connectivity index (χ1n) is 1.77. The van der Waals surface area contributed by atoms with Gasteiger partial charge in [0.2, 0.25) is 6.29 Å². The lowest BCUT2D eigenvalue weighted by Gasteiger charge is -2.19. The maximum Gasteiger partial charge on any atom is 0.223 e. The molecule has 0 rings (SSSR count). The van der Waals surface area contributed by atoms with Crippen LogP contribution in [-0.4, -0.2) is 13.4 Å². The van der Waals surface area contributed by atoms with Crippen molar-refractivity contribution in [2.45, 2.75) is 6.29 Å². The summed E-state index contributed by atoms with van der Waals surface area (Å²) in [5, 5.41) is 9.44. The van der Waals surface area contributed by atoms with Crippen molar-refractivity contribution < 1.29 is 10.1 Å². The predicted octanol–water partition coefficient (Wildman–Crippen LogP) is -2.87. The van der Waals surface area contributed by atoms with Crippen molar-refractivity contribution in [2.75, 3.05) is 7.11 Å². The van der Waals surface area contributed by atoms with Gasteiger partial charge in [-0.15, -0.1) is 0 Å². The fourth-order valence-electron chi connectivity index (χ4n) is 0.136. The minimum atomic E-state index is -0.995. The first-order chi connectivity index (χ1) is 3.18. The number of hydrogen-bond acceptors (Lipinski definition) is 4. The summed E-state index contributed by atoms with van der Waals surface area (Å²) in [6.07, 6.45) is -0.995. The Hall–Kier alpha value is -0.200. The van der Waals surface area contributed by atoms with Crippen molar-refractivity contribution in [2.24, 2.45) is 11.5 Å².